The van der Waals surface area contributed by atoms with Crippen LogP contribution in [0.5, 0.6) is 0 Å². The molecule has 0 radical (unpaired) electrons. The van der Waals surface area contributed by atoms with Gasteiger partial charge in [0.2, 0.25) is 0 Å². The van der Waals surface area contributed by atoms with Crippen molar-refractivity contribution in [2.75, 3.05) is 12.3 Å². The van der Waals surface area contributed by atoms with Gasteiger partial charge in [0.15, 0.2) is 0 Å². The number of nitrogens with two attached hydrogens (primary N) is 1. The normalized spacial score (nSPS) is 13.3. The monoisotopic (exact) mass is 289 g/mol. The molecule has 0 aliphatic heterocycles. The molecule has 2 rings (SSSR count). The Labute approximate surface area is 124 Å². The highest BCUT2D eigenvalue weighted by molar-refractivity contribution is 6.07. The Morgan fingerprint density at radius 3 is 2.81 bits per heavy atom. The van der Waals surface area contributed by atoms with Gasteiger partial charge >= 0.3 is 0 Å². The standard InChI is InChI=1S/C16H23N3O2/c1-16(2,3)7-11(20)8-19-15(21)13-9-18-14-5-4-10(17)6-12(13)14/h4-6,9,11,18,20H,7-8,17H2,1-3H3,(H,19,21). The van der Waals surface area contributed by atoms with Gasteiger partial charge in [-0.2, -0.15) is 0 Å². The minimum Gasteiger partial charge on any atom is -0.399 e. The fraction of sp³-hybridized carbons (Fsp3) is 0.438. The summed E-state index contributed by atoms with van der Waals surface area (Å²) in [5, 5.41) is 13.5. The van der Waals surface area contributed by atoms with E-state index in [1.165, 1.54) is 0 Å². The third-order valence-electron chi connectivity index (χ3n) is 3.30. The predicted octanol–water partition coefficient (Wildman–Crippen LogP) is 2.28. The molecule has 0 spiro atoms. The smallest absolute Gasteiger partial charge is 0.253 e. The van der Waals surface area contributed by atoms with Crippen LogP contribution in [-0.4, -0.2) is 28.6 Å². The second-order valence-electron chi connectivity index (χ2n) is 6.64. The van der Waals surface area contributed by atoms with E-state index in [2.05, 4.69) is 31.1 Å². The van der Waals surface area contributed by atoms with Gasteiger partial charge in [0.25, 0.3) is 5.91 Å². The first-order valence-corrected chi connectivity index (χ1v) is 7.09. The van der Waals surface area contributed by atoms with E-state index < -0.39 is 6.10 Å². The summed E-state index contributed by atoms with van der Waals surface area (Å²) in [5.41, 5.74) is 7.81. The molecule has 0 aliphatic rings. The van der Waals surface area contributed by atoms with Crippen LogP contribution in [0.3, 0.4) is 0 Å². The van der Waals surface area contributed by atoms with Crippen LogP contribution in [0.1, 0.15) is 37.6 Å². The number of hydrogen-bond acceptors (Lipinski definition) is 3. The molecular formula is C16H23N3O2. The van der Waals surface area contributed by atoms with Crippen molar-refractivity contribution in [2.24, 2.45) is 5.41 Å². The Morgan fingerprint density at radius 2 is 2.14 bits per heavy atom. The number of nitrogen functional groups attached to an aromatic ring is 1. The summed E-state index contributed by atoms with van der Waals surface area (Å²) in [7, 11) is 0. The van der Waals surface area contributed by atoms with Crippen LogP contribution in [0.25, 0.3) is 10.9 Å². The highest BCUT2D eigenvalue weighted by Crippen LogP contribution is 2.22. The third-order valence-corrected chi connectivity index (χ3v) is 3.30. The molecule has 1 aromatic heterocycles. The van der Waals surface area contributed by atoms with E-state index >= 15 is 0 Å². The number of H-pyrrole nitrogens is 1. The van der Waals surface area contributed by atoms with Gasteiger partial charge in [0, 0.05) is 29.3 Å². The van der Waals surface area contributed by atoms with Crippen molar-refractivity contribution in [2.45, 2.75) is 33.3 Å². The molecule has 0 saturated carbocycles. The lowest BCUT2D eigenvalue weighted by atomic mass is 9.89. The van der Waals surface area contributed by atoms with Gasteiger partial charge in [-0.15, -0.1) is 0 Å². The summed E-state index contributed by atoms with van der Waals surface area (Å²) in [6.07, 6.45) is 1.74. The number of anilines is 1. The zero-order valence-corrected chi connectivity index (χ0v) is 12.7. The van der Waals surface area contributed by atoms with Crippen LogP contribution in [-0.2, 0) is 0 Å². The van der Waals surface area contributed by atoms with Crippen molar-refractivity contribution < 1.29 is 9.90 Å². The van der Waals surface area contributed by atoms with Crippen molar-refractivity contribution >= 4 is 22.5 Å². The Bertz CT molecular complexity index is 640. The summed E-state index contributed by atoms with van der Waals surface area (Å²) in [6, 6.07) is 5.40. The van der Waals surface area contributed by atoms with E-state index in [0.29, 0.717) is 17.7 Å². The number of amides is 1. The molecule has 1 unspecified atom stereocenters. The quantitative estimate of drug-likeness (QED) is 0.651. The van der Waals surface area contributed by atoms with Crippen LogP contribution in [0.2, 0.25) is 0 Å². The fourth-order valence-electron chi connectivity index (χ4n) is 2.41. The van der Waals surface area contributed by atoms with Gasteiger partial charge < -0.3 is 21.1 Å². The van der Waals surface area contributed by atoms with Crippen molar-refractivity contribution in [1.82, 2.24) is 10.3 Å². The van der Waals surface area contributed by atoms with Gasteiger partial charge in [-0.1, -0.05) is 20.8 Å². The molecule has 0 saturated heterocycles. The predicted molar refractivity (Wildman–Crippen MR) is 85.1 cm³/mol. The number of benzene rings is 1. The summed E-state index contributed by atoms with van der Waals surface area (Å²) in [4.78, 5) is 15.3. The van der Waals surface area contributed by atoms with Crippen molar-refractivity contribution in [3.8, 4) is 0 Å². The van der Waals surface area contributed by atoms with Crippen molar-refractivity contribution in [1.29, 1.82) is 0 Å². The topological polar surface area (TPSA) is 91.1 Å². The zero-order chi connectivity index (χ0) is 15.6. The number of aliphatic hydroxyl groups is 1. The molecule has 114 valence electrons. The average molecular weight is 289 g/mol. The Balaban J connectivity index is 2.04. The molecule has 1 aromatic carbocycles. The number of carbonyl (C=O) groups is 1. The highest BCUT2D eigenvalue weighted by atomic mass is 16.3. The Morgan fingerprint density at radius 1 is 1.43 bits per heavy atom. The fourth-order valence-corrected chi connectivity index (χ4v) is 2.41. The first-order chi connectivity index (χ1) is 9.76. The molecule has 1 atom stereocenters. The number of fused-ring (bicyclic) bond motifs is 1. The van der Waals surface area contributed by atoms with Crippen molar-refractivity contribution in [3.63, 3.8) is 0 Å². The number of nitrogens with one attached hydrogen (secondary N) is 2. The SMILES string of the molecule is CC(C)(C)CC(O)CNC(=O)c1c[nH]c2ccc(N)cc12. The number of aliphatic hydroxyl groups excluding tert-OH is 1. The summed E-state index contributed by atoms with van der Waals surface area (Å²) in [5.74, 6) is -0.209. The lowest BCUT2D eigenvalue weighted by Gasteiger charge is -2.22. The minimum atomic E-state index is -0.552. The number of rotatable bonds is 4. The number of aromatic nitrogens is 1. The molecule has 5 heteroatoms. The van der Waals surface area contributed by atoms with Gasteiger partial charge in [-0.3, -0.25) is 4.79 Å². The molecule has 0 fully saturated rings. The molecule has 0 bridgehead atoms. The van der Waals surface area contributed by atoms with Crippen LogP contribution >= 0.6 is 0 Å². The Hall–Kier alpha value is -2.01. The highest BCUT2D eigenvalue weighted by Gasteiger charge is 2.18. The zero-order valence-electron chi connectivity index (χ0n) is 12.7. The average Bonchev–Trinajstić information content (AvgIpc) is 2.76. The molecule has 5 N–H and O–H groups in total. The molecule has 1 heterocycles. The summed E-state index contributed by atoms with van der Waals surface area (Å²) >= 11 is 0. The number of aromatic amines is 1. The lowest BCUT2D eigenvalue weighted by molar-refractivity contribution is 0.0870. The van der Waals surface area contributed by atoms with Crippen molar-refractivity contribution in [3.05, 3.63) is 30.0 Å². The Kier molecular flexibility index (Phi) is 4.23. The van der Waals surface area contributed by atoms with E-state index in [0.717, 1.165) is 10.9 Å². The maximum absolute atomic E-state index is 12.2. The first kappa shape index (κ1) is 15.4. The second kappa shape index (κ2) is 5.77. The van der Waals surface area contributed by atoms with E-state index in [-0.39, 0.29) is 17.9 Å². The van der Waals surface area contributed by atoms with Crippen LogP contribution in [0, 0.1) is 5.41 Å². The van der Waals surface area contributed by atoms with E-state index in [4.69, 9.17) is 5.73 Å². The molecule has 2 aromatic rings. The van der Waals surface area contributed by atoms with Gasteiger partial charge in [-0.05, 0) is 30.0 Å². The first-order valence-electron chi connectivity index (χ1n) is 7.09. The van der Waals surface area contributed by atoms with E-state index in [9.17, 15) is 9.90 Å². The van der Waals surface area contributed by atoms with Gasteiger partial charge in [-0.25, -0.2) is 0 Å². The van der Waals surface area contributed by atoms with E-state index in [1.807, 2.05) is 6.07 Å². The molecule has 0 aliphatic carbocycles. The van der Waals surface area contributed by atoms with Gasteiger partial charge in [0.05, 0.1) is 11.7 Å². The minimum absolute atomic E-state index is 0.0272. The van der Waals surface area contributed by atoms with Gasteiger partial charge in [0.1, 0.15) is 0 Å². The lowest BCUT2D eigenvalue weighted by Crippen LogP contribution is -2.34. The molecule has 21 heavy (non-hydrogen) atoms. The number of carbonyl (C=O) groups excluding carboxylic acids is 1. The van der Waals surface area contributed by atoms with Crippen LogP contribution < -0.4 is 11.1 Å². The summed E-state index contributed by atoms with van der Waals surface area (Å²) in [6.45, 7) is 6.41. The molecule has 1 amide bonds. The largest absolute Gasteiger partial charge is 0.399 e. The number of hydrogen-bond donors (Lipinski definition) is 4. The molecule has 5 nitrogen and oxygen atoms in total. The molecular weight excluding hydrogens is 266 g/mol. The third kappa shape index (κ3) is 3.98. The van der Waals surface area contributed by atoms with E-state index in [1.54, 1.807) is 18.3 Å². The maximum Gasteiger partial charge on any atom is 0.253 e. The van der Waals surface area contributed by atoms with Crippen LogP contribution in [0.4, 0.5) is 5.69 Å². The second-order valence-corrected chi connectivity index (χ2v) is 6.64. The summed E-state index contributed by atoms with van der Waals surface area (Å²) < 4.78 is 0. The van der Waals surface area contributed by atoms with Crippen LogP contribution in [0.15, 0.2) is 24.4 Å². The maximum atomic E-state index is 12.2.